The molecule has 1 aromatic carbocycles. The summed E-state index contributed by atoms with van der Waals surface area (Å²) < 4.78 is 4.52. The molecule has 2 aromatic rings. The first-order valence-electron chi connectivity index (χ1n) is 8.62. The third kappa shape index (κ3) is 4.60. The Labute approximate surface area is 162 Å². The van der Waals surface area contributed by atoms with Crippen LogP contribution < -0.4 is 21.5 Å². The lowest BCUT2D eigenvalue weighted by molar-refractivity contribution is -0.652. The number of ketones is 1. The van der Waals surface area contributed by atoms with Crippen molar-refractivity contribution in [2.75, 3.05) is 0 Å². The Morgan fingerprint density at radius 1 is 1.08 bits per heavy atom. The van der Waals surface area contributed by atoms with E-state index < -0.39 is 0 Å². The van der Waals surface area contributed by atoms with Crippen LogP contribution in [0.2, 0.25) is 0 Å². The van der Waals surface area contributed by atoms with E-state index in [2.05, 4.69) is 68.1 Å². The summed E-state index contributed by atoms with van der Waals surface area (Å²) in [5.74, 6) is 1.38. The predicted molar refractivity (Wildman–Crippen MR) is 99.9 cm³/mol. The number of aryl methyl sites for hydroxylation is 1. The zero-order valence-electron chi connectivity index (χ0n) is 16.8. The lowest BCUT2D eigenvalue weighted by atomic mass is 9.82. The molecule has 25 heavy (non-hydrogen) atoms. The van der Waals surface area contributed by atoms with E-state index in [0.717, 1.165) is 12.1 Å². The largest absolute Gasteiger partial charge is 1.00 e. The summed E-state index contributed by atoms with van der Waals surface area (Å²) in [5.41, 5.74) is 3.17. The number of hydrogen-bond donors (Lipinski definition) is 0. The Morgan fingerprint density at radius 3 is 2.16 bits per heavy atom. The highest BCUT2D eigenvalue weighted by atomic mass is 79.9. The van der Waals surface area contributed by atoms with Gasteiger partial charge >= 0.3 is 0 Å². The fraction of sp³-hybridized carbons (Fsp3) is 0.524. The van der Waals surface area contributed by atoms with Gasteiger partial charge in [-0.05, 0) is 29.2 Å². The number of nitrogens with zero attached hydrogens (tertiary/aromatic N) is 2. The second kappa shape index (κ2) is 7.45. The summed E-state index contributed by atoms with van der Waals surface area (Å²) in [6.45, 7) is 15.3. The number of imidazole rings is 1. The van der Waals surface area contributed by atoms with E-state index in [0.29, 0.717) is 0 Å². The Hall–Kier alpha value is -1.42. The number of para-hydroxylation sites is 2. The zero-order valence-corrected chi connectivity index (χ0v) is 18.4. The van der Waals surface area contributed by atoms with Crippen LogP contribution in [-0.4, -0.2) is 10.4 Å². The lowest BCUT2D eigenvalue weighted by Gasteiger charge is -2.24. The summed E-state index contributed by atoms with van der Waals surface area (Å²) in [6, 6.07) is 8.42. The van der Waals surface area contributed by atoms with Gasteiger partial charge in [0.25, 0.3) is 5.82 Å². The molecule has 4 heteroatoms. The van der Waals surface area contributed by atoms with Crippen LogP contribution in [0.4, 0.5) is 0 Å². The Balaban J connectivity index is 0.00000312. The average Bonchev–Trinajstić information content (AvgIpc) is 2.70. The minimum absolute atomic E-state index is 0. The molecule has 0 saturated heterocycles. The summed E-state index contributed by atoms with van der Waals surface area (Å²) in [5, 5.41) is 0. The minimum atomic E-state index is -0.352. The van der Waals surface area contributed by atoms with Gasteiger partial charge in [0.05, 0.1) is 7.05 Å². The van der Waals surface area contributed by atoms with Gasteiger partial charge in [-0.3, -0.25) is 4.79 Å². The molecule has 0 aliphatic heterocycles. The number of fused-ring (bicyclic) bond motifs is 1. The van der Waals surface area contributed by atoms with Crippen LogP contribution in [0.3, 0.4) is 0 Å². The molecule has 0 aliphatic carbocycles. The topological polar surface area (TPSA) is 25.9 Å². The minimum Gasteiger partial charge on any atom is -1.00 e. The van der Waals surface area contributed by atoms with Gasteiger partial charge in [0.1, 0.15) is 6.54 Å². The van der Waals surface area contributed by atoms with Crippen molar-refractivity contribution in [3.63, 3.8) is 0 Å². The summed E-state index contributed by atoms with van der Waals surface area (Å²) >= 11 is 0. The van der Waals surface area contributed by atoms with Crippen LogP contribution in [0.1, 0.15) is 47.4 Å². The van der Waals surface area contributed by atoms with Crippen molar-refractivity contribution in [3.05, 3.63) is 41.7 Å². The first-order chi connectivity index (χ1) is 10.9. The number of halogens is 1. The fourth-order valence-electron chi connectivity index (χ4n) is 2.75. The van der Waals surface area contributed by atoms with Gasteiger partial charge in [0, 0.05) is 12.3 Å². The van der Waals surface area contributed by atoms with Crippen LogP contribution in [0.15, 0.2) is 35.9 Å². The first kappa shape index (κ1) is 21.6. The fourth-order valence-corrected chi connectivity index (χ4v) is 2.75. The van der Waals surface area contributed by atoms with E-state index in [1.54, 1.807) is 0 Å². The highest BCUT2D eigenvalue weighted by molar-refractivity contribution is 5.94. The third-order valence-corrected chi connectivity index (χ3v) is 4.75. The number of aromatic nitrogens is 2. The normalized spacial score (nSPS) is 13.0. The zero-order chi connectivity index (χ0) is 18.3. The van der Waals surface area contributed by atoms with Crippen LogP contribution in [0.5, 0.6) is 0 Å². The third-order valence-electron chi connectivity index (χ3n) is 4.75. The maximum Gasteiger partial charge on any atom is 0.254 e. The van der Waals surface area contributed by atoms with Crippen LogP contribution in [0, 0.1) is 17.8 Å². The van der Waals surface area contributed by atoms with Crippen LogP contribution >= 0.6 is 0 Å². The standard InChI is InChI=1S/C21H31N2O.BrH/c1-15-22(8)17-11-9-10-12-18(17)23(15)14-16(20(2,3)4)13-19(24)21(5,6)7;/h9-13H,14H2,1-8H3;1H/q+1;/p-1/b16-13+;. The second-order valence-corrected chi connectivity index (χ2v) is 8.71. The van der Waals surface area contributed by atoms with Crippen molar-refractivity contribution < 1.29 is 26.3 Å². The number of hydrogen-bond acceptors (Lipinski definition) is 1. The van der Waals surface area contributed by atoms with E-state index in [4.69, 9.17) is 0 Å². The molecule has 0 radical (unpaired) electrons. The second-order valence-electron chi connectivity index (χ2n) is 8.71. The number of rotatable bonds is 3. The van der Waals surface area contributed by atoms with Crippen molar-refractivity contribution in [1.29, 1.82) is 0 Å². The molecule has 0 saturated carbocycles. The highest BCUT2D eigenvalue weighted by Gasteiger charge is 2.27. The Bertz CT molecular complexity index is 802. The molecule has 138 valence electrons. The molecule has 0 unspecified atom stereocenters. The molecule has 0 bridgehead atoms. The maximum atomic E-state index is 12.6. The molecule has 0 atom stereocenters. The first-order valence-corrected chi connectivity index (χ1v) is 8.62. The maximum absolute atomic E-state index is 12.6. The quantitative estimate of drug-likeness (QED) is 0.558. The van der Waals surface area contributed by atoms with Gasteiger partial charge in [-0.15, -0.1) is 0 Å². The number of carbonyl (C=O) groups is 1. The molecule has 0 spiro atoms. The van der Waals surface area contributed by atoms with E-state index in [9.17, 15) is 4.79 Å². The molecular formula is C21H31BrN2O. The Morgan fingerprint density at radius 2 is 1.64 bits per heavy atom. The molecule has 3 nitrogen and oxygen atoms in total. The molecular weight excluding hydrogens is 376 g/mol. The van der Waals surface area contributed by atoms with Crippen molar-refractivity contribution >= 4 is 16.8 Å². The van der Waals surface area contributed by atoms with E-state index in [-0.39, 0.29) is 33.6 Å². The van der Waals surface area contributed by atoms with Crippen molar-refractivity contribution in [2.45, 2.75) is 55.0 Å². The number of carbonyl (C=O) groups excluding carboxylic acids is 1. The van der Waals surface area contributed by atoms with Crippen molar-refractivity contribution in [3.8, 4) is 0 Å². The van der Waals surface area contributed by atoms with Gasteiger partial charge in [0.2, 0.25) is 0 Å². The van der Waals surface area contributed by atoms with Gasteiger partial charge in [-0.2, -0.15) is 0 Å². The monoisotopic (exact) mass is 406 g/mol. The van der Waals surface area contributed by atoms with Gasteiger partial charge in [0.15, 0.2) is 16.8 Å². The lowest BCUT2D eigenvalue weighted by Crippen LogP contribution is -3.00. The van der Waals surface area contributed by atoms with Gasteiger partial charge in [-0.1, -0.05) is 53.7 Å². The predicted octanol–water partition coefficient (Wildman–Crippen LogP) is 1.37. The smallest absolute Gasteiger partial charge is 0.254 e. The number of allylic oxidation sites excluding steroid dienone is 2. The summed E-state index contributed by atoms with van der Waals surface area (Å²) in [4.78, 5) is 12.6. The molecule has 1 heterocycles. The molecule has 1 aromatic heterocycles. The summed E-state index contributed by atoms with van der Waals surface area (Å²) in [7, 11) is 2.09. The van der Waals surface area contributed by atoms with E-state index in [1.807, 2.05) is 26.8 Å². The number of benzene rings is 1. The highest BCUT2D eigenvalue weighted by Crippen LogP contribution is 2.30. The molecule has 0 aliphatic rings. The van der Waals surface area contributed by atoms with E-state index >= 15 is 0 Å². The molecule has 0 fully saturated rings. The Kier molecular flexibility index (Phi) is 6.44. The summed E-state index contributed by atoms with van der Waals surface area (Å²) in [6.07, 6.45) is 1.87. The van der Waals surface area contributed by atoms with E-state index in [1.165, 1.54) is 16.9 Å². The van der Waals surface area contributed by atoms with Crippen molar-refractivity contribution in [2.24, 2.45) is 17.9 Å². The molecule has 2 rings (SSSR count). The van der Waals surface area contributed by atoms with Crippen LogP contribution in [-0.2, 0) is 18.4 Å². The van der Waals surface area contributed by atoms with Gasteiger partial charge in [-0.25, -0.2) is 9.13 Å². The van der Waals surface area contributed by atoms with Crippen molar-refractivity contribution in [1.82, 2.24) is 4.57 Å². The molecule has 0 amide bonds. The van der Waals surface area contributed by atoms with Crippen LogP contribution in [0.25, 0.3) is 11.0 Å². The van der Waals surface area contributed by atoms with Gasteiger partial charge < -0.3 is 17.0 Å². The molecule has 0 N–H and O–H groups in total. The average molecular weight is 407 g/mol. The SMILES string of the molecule is Cc1n(C/C(=C\C(=O)C(C)(C)C)C(C)(C)C)c2ccccc2[n+]1C.[Br-].